The highest BCUT2D eigenvalue weighted by Crippen LogP contribution is 2.35. The van der Waals surface area contributed by atoms with Crippen molar-refractivity contribution < 1.29 is 23.6 Å². The van der Waals surface area contributed by atoms with Crippen LogP contribution in [0, 0.1) is 28.7 Å². The molecule has 3 aromatic rings. The number of aromatic nitrogens is 1. The first-order valence-corrected chi connectivity index (χ1v) is 8.67. The first kappa shape index (κ1) is 20.7. The normalized spacial score (nSPS) is 10.9. The van der Waals surface area contributed by atoms with Crippen LogP contribution in [-0.4, -0.2) is 27.1 Å². The van der Waals surface area contributed by atoms with Gasteiger partial charge in [-0.2, -0.15) is 0 Å². The maximum atomic E-state index is 14.6. The number of halogens is 2. The molecule has 0 radical (unpaired) electrons. The summed E-state index contributed by atoms with van der Waals surface area (Å²) in [5.41, 5.74) is 2.99. The molecule has 0 aliphatic heterocycles. The number of nitrogen functional groups attached to an aromatic ring is 1. The van der Waals surface area contributed by atoms with E-state index in [1.807, 2.05) is 0 Å². The van der Waals surface area contributed by atoms with Crippen LogP contribution in [0.3, 0.4) is 0 Å². The molecular weight excluding hydrogens is 402 g/mol. The van der Waals surface area contributed by atoms with Gasteiger partial charge in [0.25, 0.3) is 5.69 Å². The van der Waals surface area contributed by atoms with E-state index in [0.29, 0.717) is 12.6 Å². The van der Waals surface area contributed by atoms with Gasteiger partial charge in [0.2, 0.25) is 5.43 Å². The van der Waals surface area contributed by atoms with Crippen molar-refractivity contribution in [2.24, 2.45) is 0 Å². The fourth-order valence-electron chi connectivity index (χ4n) is 3.30. The number of nitro groups is 1. The molecule has 156 valence electrons. The van der Waals surface area contributed by atoms with Gasteiger partial charge in [-0.1, -0.05) is 0 Å². The van der Waals surface area contributed by atoms with Gasteiger partial charge < -0.3 is 20.7 Å². The van der Waals surface area contributed by atoms with Crippen molar-refractivity contribution in [3.63, 3.8) is 0 Å². The molecule has 2 aromatic carbocycles. The van der Waals surface area contributed by atoms with Crippen LogP contribution in [0.15, 0.2) is 29.2 Å². The minimum atomic E-state index is -1.61. The Hall–Kier alpha value is -4.02. The Bertz CT molecular complexity index is 1290. The zero-order chi connectivity index (χ0) is 22.3. The van der Waals surface area contributed by atoms with Gasteiger partial charge in [-0.15, -0.1) is 0 Å². The number of benzene rings is 2. The summed E-state index contributed by atoms with van der Waals surface area (Å²) < 4.78 is 29.3. The topological polar surface area (TPSA) is 140 Å². The van der Waals surface area contributed by atoms with E-state index in [1.165, 1.54) is 6.92 Å². The van der Waals surface area contributed by atoms with Crippen molar-refractivity contribution in [3.05, 3.63) is 67.5 Å². The average Bonchev–Trinajstić information content (AvgIpc) is 2.67. The Kier molecular flexibility index (Phi) is 5.13. The summed E-state index contributed by atoms with van der Waals surface area (Å²) in [5.74, 6) is -3.69. The van der Waals surface area contributed by atoms with Crippen molar-refractivity contribution >= 4 is 33.9 Å². The predicted octanol–water partition coefficient (Wildman–Crippen LogP) is 3.20. The summed E-state index contributed by atoms with van der Waals surface area (Å²) in [6.45, 7) is 3.48. The van der Waals surface area contributed by atoms with Gasteiger partial charge in [0.15, 0.2) is 0 Å². The summed E-state index contributed by atoms with van der Waals surface area (Å²) in [6, 6.07) is 2.42. The Labute approximate surface area is 167 Å². The number of rotatable bonds is 5. The smallest absolute Gasteiger partial charge is 0.341 e. The first-order valence-electron chi connectivity index (χ1n) is 8.67. The van der Waals surface area contributed by atoms with Crippen molar-refractivity contribution in [2.45, 2.75) is 13.8 Å². The number of carboxylic acid groups (broad SMARTS) is 1. The molecule has 0 bridgehead atoms. The second-order valence-electron chi connectivity index (χ2n) is 6.45. The van der Waals surface area contributed by atoms with Gasteiger partial charge in [0.05, 0.1) is 27.2 Å². The molecule has 3 rings (SSSR count). The van der Waals surface area contributed by atoms with Gasteiger partial charge in [-0.25, -0.2) is 13.6 Å². The standard InChI is InChI=1S/C19H16F2N4O5/c1-3-23-16-8(2)17-9(4-15(16)25(29)30)18(26)10(19(27)28)7-24(17)14-6-13(22)11(20)5-12(14)21/h4-7,23H,3,22H2,1-2H3,(H,27,28). The number of nitrogens with two attached hydrogens (primary N) is 1. The third-order valence-corrected chi connectivity index (χ3v) is 4.62. The summed E-state index contributed by atoms with van der Waals surface area (Å²) in [7, 11) is 0. The molecule has 0 aliphatic rings. The molecular formula is C19H16F2N4O5. The lowest BCUT2D eigenvalue weighted by atomic mass is 10.0. The number of carbonyl (C=O) groups is 1. The predicted molar refractivity (Wildman–Crippen MR) is 106 cm³/mol. The molecule has 0 fully saturated rings. The number of aryl methyl sites for hydroxylation is 1. The highest BCUT2D eigenvalue weighted by molar-refractivity contribution is 5.98. The maximum absolute atomic E-state index is 14.6. The minimum Gasteiger partial charge on any atom is -0.477 e. The monoisotopic (exact) mass is 418 g/mol. The van der Waals surface area contributed by atoms with Crippen molar-refractivity contribution in [2.75, 3.05) is 17.6 Å². The van der Waals surface area contributed by atoms with Gasteiger partial charge >= 0.3 is 5.97 Å². The Morgan fingerprint density at radius 3 is 2.53 bits per heavy atom. The number of fused-ring (bicyclic) bond motifs is 1. The third-order valence-electron chi connectivity index (χ3n) is 4.62. The number of pyridine rings is 1. The Balaban J connectivity index is 2.60. The lowest BCUT2D eigenvalue weighted by Crippen LogP contribution is -2.20. The number of nitro benzene ring substituents is 1. The molecule has 11 heteroatoms. The molecule has 1 aromatic heterocycles. The summed E-state index contributed by atoms with van der Waals surface area (Å²) >= 11 is 0. The van der Waals surface area contributed by atoms with Crippen LogP contribution < -0.4 is 16.5 Å². The molecule has 0 unspecified atom stereocenters. The van der Waals surface area contributed by atoms with Crippen molar-refractivity contribution in [3.8, 4) is 5.69 Å². The summed E-state index contributed by atoms with van der Waals surface area (Å²) in [4.78, 5) is 35.2. The molecule has 30 heavy (non-hydrogen) atoms. The van der Waals surface area contributed by atoms with Gasteiger partial charge in [-0.05, 0) is 19.9 Å². The average molecular weight is 418 g/mol. The zero-order valence-corrected chi connectivity index (χ0v) is 15.8. The second-order valence-corrected chi connectivity index (χ2v) is 6.45. The van der Waals surface area contributed by atoms with E-state index in [0.717, 1.165) is 22.9 Å². The van der Waals surface area contributed by atoms with E-state index in [1.54, 1.807) is 6.92 Å². The fraction of sp³-hybridized carbons (Fsp3) is 0.158. The van der Waals surface area contributed by atoms with Gasteiger partial charge in [0.1, 0.15) is 22.9 Å². The molecule has 0 spiro atoms. The van der Waals surface area contributed by atoms with Gasteiger partial charge in [0, 0.05) is 30.4 Å². The van der Waals surface area contributed by atoms with E-state index in [-0.39, 0.29) is 27.8 Å². The quantitative estimate of drug-likeness (QED) is 0.328. The van der Waals surface area contributed by atoms with Gasteiger partial charge in [-0.3, -0.25) is 14.9 Å². The molecule has 0 aliphatic carbocycles. The SMILES string of the molecule is CCNc1c([N+](=O)[O-])cc2c(=O)c(C(=O)O)cn(-c3cc(N)c(F)cc3F)c2c1C. The van der Waals surface area contributed by atoms with E-state index >= 15 is 0 Å². The molecule has 9 nitrogen and oxygen atoms in total. The number of hydrogen-bond donors (Lipinski definition) is 3. The summed E-state index contributed by atoms with van der Waals surface area (Å²) in [6.07, 6.45) is 0.886. The molecule has 0 atom stereocenters. The maximum Gasteiger partial charge on any atom is 0.341 e. The van der Waals surface area contributed by atoms with Crippen LogP contribution in [-0.2, 0) is 0 Å². The van der Waals surface area contributed by atoms with E-state index in [2.05, 4.69) is 5.32 Å². The number of anilines is 2. The van der Waals surface area contributed by atoms with E-state index < -0.39 is 44.9 Å². The lowest BCUT2D eigenvalue weighted by molar-refractivity contribution is -0.383. The fourth-order valence-corrected chi connectivity index (χ4v) is 3.30. The van der Waals surface area contributed by atoms with Crippen LogP contribution in [0.2, 0.25) is 0 Å². The van der Waals surface area contributed by atoms with Crippen LogP contribution in [0.5, 0.6) is 0 Å². The highest BCUT2D eigenvalue weighted by Gasteiger charge is 2.25. The van der Waals surface area contributed by atoms with Crippen LogP contribution in [0.1, 0.15) is 22.8 Å². The first-order chi connectivity index (χ1) is 14.1. The number of carboxylic acids is 1. The van der Waals surface area contributed by atoms with E-state index in [4.69, 9.17) is 5.73 Å². The molecule has 0 amide bonds. The van der Waals surface area contributed by atoms with Crippen molar-refractivity contribution in [1.82, 2.24) is 4.57 Å². The second kappa shape index (κ2) is 7.43. The lowest BCUT2D eigenvalue weighted by Gasteiger charge is -2.18. The third kappa shape index (κ3) is 3.19. The zero-order valence-electron chi connectivity index (χ0n) is 15.8. The molecule has 0 saturated heterocycles. The number of nitrogens with zero attached hydrogens (tertiary/aromatic N) is 2. The van der Waals surface area contributed by atoms with Crippen LogP contribution in [0.25, 0.3) is 16.6 Å². The molecule has 4 N–H and O–H groups in total. The minimum absolute atomic E-state index is 0.0245. The number of aromatic carboxylic acids is 1. The van der Waals surface area contributed by atoms with E-state index in [9.17, 15) is 33.6 Å². The van der Waals surface area contributed by atoms with Crippen molar-refractivity contribution in [1.29, 1.82) is 0 Å². The molecule has 0 saturated carbocycles. The molecule has 1 heterocycles. The highest BCUT2D eigenvalue weighted by atomic mass is 19.1. The Morgan fingerprint density at radius 1 is 1.30 bits per heavy atom. The number of hydrogen-bond acceptors (Lipinski definition) is 6. The van der Waals surface area contributed by atoms with Crippen LogP contribution in [0.4, 0.5) is 25.8 Å². The Morgan fingerprint density at radius 2 is 1.97 bits per heavy atom. The van der Waals surface area contributed by atoms with Crippen LogP contribution >= 0.6 is 0 Å². The summed E-state index contributed by atoms with van der Waals surface area (Å²) in [5, 5.41) is 23.5. The largest absolute Gasteiger partial charge is 0.477 e. The number of nitrogens with one attached hydrogen (secondary N) is 1.